The van der Waals surface area contributed by atoms with Crippen LogP contribution >= 0.6 is 0 Å². The molecule has 0 aromatic heterocycles. The highest BCUT2D eigenvalue weighted by Gasteiger charge is 2.34. The number of carbonyl (C=O) groups is 1. The van der Waals surface area contributed by atoms with Crippen molar-refractivity contribution in [1.82, 2.24) is 10.0 Å². The van der Waals surface area contributed by atoms with E-state index < -0.39 is 46.5 Å². The zero-order valence-corrected chi connectivity index (χ0v) is 17.4. The molecule has 7 nitrogen and oxygen atoms in total. The summed E-state index contributed by atoms with van der Waals surface area (Å²) in [5.41, 5.74) is 0.365. The molecule has 1 heterocycles. The lowest BCUT2D eigenvalue weighted by molar-refractivity contribution is -0.130. The van der Waals surface area contributed by atoms with Gasteiger partial charge >= 0.3 is 0 Å². The number of halogens is 2. The smallest absolute Gasteiger partial charge is 0.240 e. The second kappa shape index (κ2) is 10.3. The molecule has 1 fully saturated rings. The number of sulfonamides is 1. The highest BCUT2D eigenvalue weighted by atomic mass is 32.2. The average molecular weight is 454 g/mol. The number of hydrogen-bond donors (Lipinski definition) is 3. The van der Waals surface area contributed by atoms with Crippen LogP contribution in [0.2, 0.25) is 0 Å². The molecular formula is C21H24F2N2O5S. The predicted octanol–water partition coefficient (Wildman–Crippen LogP) is 1.86. The van der Waals surface area contributed by atoms with E-state index >= 15 is 0 Å². The molecule has 0 bridgehead atoms. The molecule has 168 valence electrons. The quantitative estimate of drug-likeness (QED) is 0.565. The minimum absolute atomic E-state index is 0.00237. The fourth-order valence-electron chi connectivity index (χ4n) is 3.41. The van der Waals surface area contributed by atoms with Crippen LogP contribution in [0, 0.1) is 11.6 Å². The van der Waals surface area contributed by atoms with Crippen LogP contribution < -0.4 is 10.0 Å². The van der Waals surface area contributed by atoms with Crippen molar-refractivity contribution in [3.63, 3.8) is 0 Å². The van der Waals surface area contributed by atoms with E-state index in [0.717, 1.165) is 24.3 Å². The van der Waals surface area contributed by atoms with Gasteiger partial charge < -0.3 is 15.2 Å². The standard InChI is InChI=1S/C21H24F2N2O5S/c22-15-5-8-17(9-6-15)31(28,29)25-19-10-7-16(30-20(19)13-26)11-21(27)24-12-14-3-1-2-4-18(14)23/h1-6,8-9,16,19-20,25-26H,7,10-13H2,(H,24,27)/t16-,19-,20-/m0/s1. The second-order valence-electron chi connectivity index (χ2n) is 7.31. The summed E-state index contributed by atoms with van der Waals surface area (Å²) < 4.78 is 59.9. The maximum absolute atomic E-state index is 13.6. The Morgan fingerprint density at radius 3 is 2.48 bits per heavy atom. The van der Waals surface area contributed by atoms with Crippen LogP contribution in [0.25, 0.3) is 0 Å². The summed E-state index contributed by atoms with van der Waals surface area (Å²) in [6.07, 6.45) is -0.614. The highest BCUT2D eigenvalue weighted by molar-refractivity contribution is 7.89. The summed E-state index contributed by atoms with van der Waals surface area (Å²) >= 11 is 0. The maximum atomic E-state index is 13.6. The summed E-state index contributed by atoms with van der Waals surface area (Å²) in [5, 5.41) is 12.3. The molecule has 0 spiro atoms. The van der Waals surface area contributed by atoms with E-state index in [0.29, 0.717) is 18.4 Å². The van der Waals surface area contributed by atoms with Crippen molar-refractivity contribution in [1.29, 1.82) is 0 Å². The highest BCUT2D eigenvalue weighted by Crippen LogP contribution is 2.24. The lowest BCUT2D eigenvalue weighted by Crippen LogP contribution is -2.51. The SMILES string of the molecule is O=C(C[C@@H]1CC[C@H](NS(=O)(=O)c2ccc(F)cc2)[C@H](CO)O1)NCc1ccccc1F. The summed E-state index contributed by atoms with van der Waals surface area (Å²) in [6, 6.07) is 9.82. The van der Waals surface area contributed by atoms with Crippen molar-refractivity contribution in [2.24, 2.45) is 0 Å². The zero-order chi connectivity index (χ0) is 22.4. The maximum Gasteiger partial charge on any atom is 0.240 e. The summed E-state index contributed by atoms with van der Waals surface area (Å²) in [6.45, 7) is -0.397. The number of benzene rings is 2. The molecule has 1 aliphatic rings. The second-order valence-corrected chi connectivity index (χ2v) is 9.02. The van der Waals surface area contributed by atoms with E-state index in [2.05, 4.69) is 10.0 Å². The van der Waals surface area contributed by atoms with Crippen LogP contribution in [-0.2, 0) is 26.1 Å². The lowest BCUT2D eigenvalue weighted by Gasteiger charge is -2.35. The van der Waals surface area contributed by atoms with E-state index in [9.17, 15) is 27.1 Å². The third-order valence-electron chi connectivity index (χ3n) is 5.07. The Labute approximate surface area is 179 Å². The first kappa shape index (κ1) is 23.3. The largest absolute Gasteiger partial charge is 0.394 e. The summed E-state index contributed by atoms with van der Waals surface area (Å²) in [7, 11) is -3.93. The Balaban J connectivity index is 1.53. The van der Waals surface area contributed by atoms with Gasteiger partial charge in [0.05, 0.1) is 36.2 Å². The molecule has 3 N–H and O–H groups in total. The monoisotopic (exact) mass is 454 g/mol. The minimum atomic E-state index is -3.93. The van der Waals surface area contributed by atoms with Crippen molar-refractivity contribution in [2.75, 3.05) is 6.61 Å². The van der Waals surface area contributed by atoms with Gasteiger partial charge in [-0.1, -0.05) is 18.2 Å². The van der Waals surface area contributed by atoms with Crippen molar-refractivity contribution in [3.05, 3.63) is 65.7 Å². The van der Waals surface area contributed by atoms with Crippen LogP contribution in [0.1, 0.15) is 24.8 Å². The van der Waals surface area contributed by atoms with Crippen LogP contribution in [0.3, 0.4) is 0 Å². The van der Waals surface area contributed by atoms with Gasteiger partial charge in [-0.3, -0.25) is 4.79 Å². The number of hydrogen-bond acceptors (Lipinski definition) is 5. The molecule has 2 aromatic carbocycles. The van der Waals surface area contributed by atoms with E-state index in [4.69, 9.17) is 4.74 Å². The molecule has 0 saturated carbocycles. The lowest BCUT2D eigenvalue weighted by atomic mass is 9.98. The van der Waals surface area contributed by atoms with E-state index in [1.54, 1.807) is 18.2 Å². The third-order valence-corrected chi connectivity index (χ3v) is 6.58. The molecule has 31 heavy (non-hydrogen) atoms. The van der Waals surface area contributed by atoms with Crippen LogP contribution in [-0.4, -0.2) is 44.3 Å². The topological polar surface area (TPSA) is 105 Å². The first-order chi connectivity index (χ1) is 14.8. The Bertz CT molecular complexity index is 1000. The van der Waals surface area contributed by atoms with E-state index in [1.165, 1.54) is 6.07 Å². The minimum Gasteiger partial charge on any atom is -0.394 e. The molecule has 10 heteroatoms. The number of aliphatic hydroxyl groups is 1. The Morgan fingerprint density at radius 1 is 1.10 bits per heavy atom. The number of nitrogens with one attached hydrogen (secondary N) is 2. The van der Waals surface area contributed by atoms with Gasteiger partial charge in [0.2, 0.25) is 15.9 Å². The van der Waals surface area contributed by atoms with Gasteiger partial charge in [-0.25, -0.2) is 21.9 Å². The Kier molecular flexibility index (Phi) is 7.71. The molecule has 1 saturated heterocycles. The van der Waals surface area contributed by atoms with Gasteiger partial charge in [0.25, 0.3) is 0 Å². The number of ether oxygens (including phenoxy) is 1. The molecular weight excluding hydrogens is 430 g/mol. The first-order valence-electron chi connectivity index (χ1n) is 9.83. The normalized spacial score (nSPS) is 21.6. The molecule has 2 aromatic rings. The molecule has 1 aliphatic heterocycles. The summed E-state index contributed by atoms with van der Waals surface area (Å²) in [5.74, 6) is -1.30. The molecule has 1 amide bonds. The fourth-order valence-corrected chi connectivity index (χ4v) is 4.71. The zero-order valence-electron chi connectivity index (χ0n) is 16.6. The van der Waals surface area contributed by atoms with Gasteiger partial charge in [-0.2, -0.15) is 0 Å². The fraction of sp³-hybridized carbons (Fsp3) is 0.381. The van der Waals surface area contributed by atoms with Gasteiger partial charge in [0, 0.05) is 12.1 Å². The first-order valence-corrected chi connectivity index (χ1v) is 11.3. The molecule has 0 radical (unpaired) electrons. The number of aliphatic hydroxyl groups excluding tert-OH is 1. The molecule has 0 aliphatic carbocycles. The predicted molar refractivity (Wildman–Crippen MR) is 108 cm³/mol. The van der Waals surface area contributed by atoms with Crippen LogP contribution in [0.4, 0.5) is 8.78 Å². The van der Waals surface area contributed by atoms with E-state index in [1.807, 2.05) is 0 Å². The van der Waals surface area contributed by atoms with E-state index in [-0.39, 0.29) is 23.8 Å². The van der Waals surface area contributed by atoms with Crippen LogP contribution in [0.5, 0.6) is 0 Å². The Morgan fingerprint density at radius 2 is 1.81 bits per heavy atom. The molecule has 3 atom stereocenters. The average Bonchev–Trinajstić information content (AvgIpc) is 2.74. The van der Waals surface area contributed by atoms with Gasteiger partial charge in [-0.05, 0) is 43.2 Å². The van der Waals surface area contributed by atoms with Gasteiger partial charge in [0.1, 0.15) is 11.6 Å². The third kappa shape index (κ3) is 6.30. The van der Waals surface area contributed by atoms with Crippen molar-refractivity contribution >= 4 is 15.9 Å². The number of rotatable bonds is 8. The Hall–Kier alpha value is -2.40. The summed E-state index contributed by atoms with van der Waals surface area (Å²) in [4.78, 5) is 12.1. The molecule has 0 unspecified atom stereocenters. The van der Waals surface area contributed by atoms with Crippen molar-refractivity contribution < 1.29 is 31.8 Å². The number of carbonyl (C=O) groups excluding carboxylic acids is 1. The van der Waals surface area contributed by atoms with Crippen LogP contribution in [0.15, 0.2) is 53.4 Å². The van der Waals surface area contributed by atoms with Gasteiger partial charge in [0.15, 0.2) is 0 Å². The van der Waals surface area contributed by atoms with Crippen molar-refractivity contribution in [2.45, 2.75) is 49.0 Å². The number of amides is 1. The van der Waals surface area contributed by atoms with Crippen molar-refractivity contribution in [3.8, 4) is 0 Å². The molecule has 3 rings (SSSR count). The van der Waals surface area contributed by atoms with Gasteiger partial charge in [-0.15, -0.1) is 0 Å².